The molecule has 0 bridgehead atoms. The second kappa shape index (κ2) is 4.43. The lowest BCUT2D eigenvalue weighted by atomic mass is 10.3. The van der Waals surface area contributed by atoms with Crippen molar-refractivity contribution in [3.63, 3.8) is 0 Å². The molecular weight excluding hydrogens is 274 g/mol. The molecule has 86 valence electrons. The summed E-state index contributed by atoms with van der Waals surface area (Å²) in [6.07, 6.45) is -0.394. The Hall–Kier alpha value is -1.07. The second-order valence-corrected chi connectivity index (χ2v) is 4.53. The maximum Gasteiger partial charge on any atom is 0.229 e. The van der Waals surface area contributed by atoms with Crippen LogP contribution < -0.4 is 9.64 Å². The molecule has 0 spiro atoms. The van der Waals surface area contributed by atoms with Gasteiger partial charge in [-0.3, -0.25) is 4.79 Å². The van der Waals surface area contributed by atoms with Gasteiger partial charge in [-0.25, -0.2) is 0 Å². The quantitative estimate of drug-likeness (QED) is 0.897. The van der Waals surface area contributed by atoms with Crippen LogP contribution in [-0.4, -0.2) is 30.8 Å². The zero-order valence-electron chi connectivity index (χ0n) is 8.81. The van der Waals surface area contributed by atoms with Gasteiger partial charge < -0.3 is 14.7 Å². The molecule has 1 saturated heterocycles. The molecule has 16 heavy (non-hydrogen) atoms. The van der Waals surface area contributed by atoms with E-state index in [0.29, 0.717) is 12.3 Å². The summed E-state index contributed by atoms with van der Waals surface area (Å²) in [6, 6.07) is 5.41. The van der Waals surface area contributed by atoms with Crippen LogP contribution in [0.5, 0.6) is 5.75 Å². The molecule has 0 aromatic heterocycles. The standard InChI is InChI=1S/C11H12BrNO3/c1-16-8-2-3-9(12)10(5-8)13-6-7(14)4-11(13)15/h2-3,5,7,14H,4,6H2,1H3. The summed E-state index contributed by atoms with van der Waals surface area (Å²) < 4.78 is 5.93. The lowest BCUT2D eigenvalue weighted by Crippen LogP contribution is -2.25. The number of β-amino-alcohol motifs (C(OH)–C–C–N with tert-alkyl or cyclic N) is 1. The number of rotatable bonds is 2. The van der Waals surface area contributed by atoms with Crippen molar-refractivity contribution < 1.29 is 14.6 Å². The highest BCUT2D eigenvalue weighted by Gasteiger charge is 2.30. The average molecular weight is 286 g/mol. The van der Waals surface area contributed by atoms with Crippen molar-refractivity contribution >= 4 is 27.5 Å². The molecule has 1 aromatic rings. The molecule has 1 atom stereocenters. The summed E-state index contributed by atoms with van der Waals surface area (Å²) in [5.41, 5.74) is 0.737. The van der Waals surface area contributed by atoms with Crippen LogP contribution in [0.4, 0.5) is 5.69 Å². The van der Waals surface area contributed by atoms with Crippen LogP contribution in [0.3, 0.4) is 0 Å². The average Bonchev–Trinajstić information content (AvgIpc) is 2.58. The predicted octanol–water partition coefficient (Wildman–Crippen LogP) is 1.56. The summed E-state index contributed by atoms with van der Waals surface area (Å²) in [7, 11) is 1.58. The number of hydrogen-bond donors (Lipinski definition) is 1. The summed E-state index contributed by atoms with van der Waals surface area (Å²) in [5, 5.41) is 9.44. The van der Waals surface area contributed by atoms with Gasteiger partial charge in [0.2, 0.25) is 5.91 Å². The van der Waals surface area contributed by atoms with E-state index in [4.69, 9.17) is 4.74 Å². The third-order valence-corrected chi connectivity index (χ3v) is 3.22. The van der Waals surface area contributed by atoms with E-state index in [2.05, 4.69) is 15.9 Å². The lowest BCUT2D eigenvalue weighted by molar-refractivity contribution is -0.117. The van der Waals surface area contributed by atoms with Gasteiger partial charge in [-0.15, -0.1) is 0 Å². The first-order valence-corrected chi connectivity index (χ1v) is 5.73. The third-order valence-electron chi connectivity index (χ3n) is 2.55. The molecule has 1 heterocycles. The number of benzene rings is 1. The molecule has 2 rings (SSSR count). The first-order chi connectivity index (χ1) is 7.61. The van der Waals surface area contributed by atoms with Crippen LogP contribution in [0, 0.1) is 0 Å². The van der Waals surface area contributed by atoms with Gasteiger partial charge in [-0.2, -0.15) is 0 Å². The second-order valence-electron chi connectivity index (χ2n) is 3.68. The Balaban J connectivity index is 2.35. The number of halogens is 1. The van der Waals surface area contributed by atoms with E-state index in [0.717, 1.165) is 10.2 Å². The Morgan fingerprint density at radius 2 is 2.31 bits per heavy atom. The van der Waals surface area contributed by atoms with E-state index >= 15 is 0 Å². The molecule has 1 N–H and O–H groups in total. The van der Waals surface area contributed by atoms with Crippen LogP contribution in [-0.2, 0) is 4.79 Å². The van der Waals surface area contributed by atoms with Crippen LogP contribution in [0.25, 0.3) is 0 Å². The lowest BCUT2D eigenvalue weighted by Gasteiger charge is -2.18. The fourth-order valence-corrected chi connectivity index (χ4v) is 2.21. The maximum absolute atomic E-state index is 11.6. The SMILES string of the molecule is COc1ccc(Br)c(N2CC(O)CC2=O)c1. The molecule has 1 aromatic carbocycles. The highest BCUT2D eigenvalue weighted by Crippen LogP contribution is 2.32. The highest BCUT2D eigenvalue weighted by atomic mass is 79.9. The zero-order chi connectivity index (χ0) is 11.7. The monoisotopic (exact) mass is 285 g/mol. The van der Waals surface area contributed by atoms with E-state index in [1.54, 1.807) is 18.1 Å². The molecule has 0 radical (unpaired) electrons. The number of ether oxygens (including phenoxy) is 1. The maximum atomic E-state index is 11.6. The first-order valence-electron chi connectivity index (χ1n) is 4.94. The summed E-state index contributed by atoms with van der Waals surface area (Å²) >= 11 is 3.39. The third kappa shape index (κ3) is 2.05. The topological polar surface area (TPSA) is 49.8 Å². The van der Waals surface area contributed by atoms with Crippen molar-refractivity contribution in [2.24, 2.45) is 0 Å². The number of carbonyl (C=O) groups excluding carboxylic acids is 1. The minimum Gasteiger partial charge on any atom is -0.497 e. The molecule has 1 amide bonds. The normalized spacial score (nSPS) is 20.3. The van der Waals surface area contributed by atoms with Gasteiger partial charge in [0.1, 0.15) is 5.75 Å². The van der Waals surface area contributed by atoms with Gasteiger partial charge in [-0.1, -0.05) is 0 Å². The van der Waals surface area contributed by atoms with Gasteiger partial charge in [0.05, 0.1) is 31.9 Å². The molecule has 0 aliphatic carbocycles. The summed E-state index contributed by atoms with van der Waals surface area (Å²) in [4.78, 5) is 13.2. The predicted molar refractivity (Wildman–Crippen MR) is 63.7 cm³/mol. The van der Waals surface area contributed by atoms with Crippen molar-refractivity contribution in [3.05, 3.63) is 22.7 Å². The number of methoxy groups -OCH3 is 1. The van der Waals surface area contributed by atoms with Crippen molar-refractivity contribution in [1.29, 1.82) is 0 Å². The minimum atomic E-state index is -0.578. The molecule has 4 nitrogen and oxygen atoms in total. The number of anilines is 1. The fraction of sp³-hybridized carbons (Fsp3) is 0.364. The zero-order valence-corrected chi connectivity index (χ0v) is 10.4. The number of carbonyl (C=O) groups is 1. The van der Waals surface area contributed by atoms with E-state index in [-0.39, 0.29) is 12.3 Å². The summed E-state index contributed by atoms with van der Waals surface area (Å²) in [6.45, 7) is 0.338. The Labute approximate surface area is 102 Å². The highest BCUT2D eigenvalue weighted by molar-refractivity contribution is 9.10. The number of nitrogens with zero attached hydrogens (tertiary/aromatic N) is 1. The smallest absolute Gasteiger partial charge is 0.229 e. The van der Waals surface area contributed by atoms with E-state index < -0.39 is 6.10 Å². The van der Waals surface area contributed by atoms with Crippen LogP contribution in [0.15, 0.2) is 22.7 Å². The van der Waals surface area contributed by atoms with Gasteiger partial charge in [0.25, 0.3) is 0 Å². The van der Waals surface area contributed by atoms with Gasteiger partial charge >= 0.3 is 0 Å². The van der Waals surface area contributed by atoms with Crippen LogP contribution >= 0.6 is 15.9 Å². The van der Waals surface area contributed by atoms with Gasteiger partial charge in [0.15, 0.2) is 0 Å². The first kappa shape index (κ1) is 11.4. The van der Waals surface area contributed by atoms with E-state index in [1.807, 2.05) is 12.1 Å². The van der Waals surface area contributed by atoms with Gasteiger partial charge in [0, 0.05) is 10.5 Å². The Kier molecular flexibility index (Phi) is 3.16. The molecule has 1 aliphatic rings. The summed E-state index contributed by atoms with van der Waals surface area (Å²) in [5.74, 6) is 0.619. The number of aliphatic hydroxyl groups is 1. The van der Waals surface area contributed by atoms with Crippen molar-refractivity contribution in [3.8, 4) is 5.75 Å². The van der Waals surface area contributed by atoms with Crippen LogP contribution in [0.1, 0.15) is 6.42 Å². The minimum absolute atomic E-state index is 0.0681. The molecule has 1 fully saturated rings. The molecular formula is C11H12BrNO3. The molecule has 1 unspecified atom stereocenters. The number of hydrogen-bond acceptors (Lipinski definition) is 3. The number of amides is 1. The van der Waals surface area contributed by atoms with Crippen molar-refractivity contribution in [2.45, 2.75) is 12.5 Å². The van der Waals surface area contributed by atoms with Crippen molar-refractivity contribution in [2.75, 3.05) is 18.6 Å². The molecule has 1 aliphatic heterocycles. The van der Waals surface area contributed by atoms with Gasteiger partial charge in [-0.05, 0) is 28.1 Å². The largest absolute Gasteiger partial charge is 0.497 e. The molecule has 0 saturated carbocycles. The number of aliphatic hydroxyl groups excluding tert-OH is 1. The Morgan fingerprint density at radius 3 is 2.88 bits per heavy atom. The Morgan fingerprint density at radius 1 is 1.56 bits per heavy atom. The fourth-order valence-electron chi connectivity index (χ4n) is 1.75. The van der Waals surface area contributed by atoms with E-state index in [9.17, 15) is 9.90 Å². The Bertz CT molecular complexity index is 422. The van der Waals surface area contributed by atoms with Crippen LogP contribution in [0.2, 0.25) is 0 Å². The van der Waals surface area contributed by atoms with Crippen molar-refractivity contribution in [1.82, 2.24) is 0 Å². The van der Waals surface area contributed by atoms with E-state index in [1.165, 1.54) is 0 Å². The molecule has 5 heteroatoms.